The van der Waals surface area contributed by atoms with E-state index in [-0.39, 0.29) is 23.5 Å². The lowest BCUT2D eigenvalue weighted by atomic mass is 10.0. The molecule has 0 saturated carbocycles. The van der Waals surface area contributed by atoms with Crippen LogP contribution in [-0.4, -0.2) is 84.1 Å². The van der Waals surface area contributed by atoms with Crippen LogP contribution in [0.2, 0.25) is 0 Å². The number of likely N-dealkylation sites (N-methyl/N-ethyl adjacent to an activating group) is 1. The number of rotatable bonds is 10. The highest BCUT2D eigenvalue weighted by Gasteiger charge is 2.27. The van der Waals surface area contributed by atoms with Crippen LogP contribution >= 0.6 is 0 Å². The number of anilines is 6. The van der Waals surface area contributed by atoms with Gasteiger partial charge in [0.05, 0.1) is 29.4 Å². The number of benzene rings is 2. The average Bonchev–Trinajstić information content (AvgIpc) is 3.03. The summed E-state index contributed by atoms with van der Waals surface area (Å²) in [6.07, 6.45) is 4.90. The molecule has 0 spiro atoms. The molecule has 11 nitrogen and oxygen atoms in total. The first-order valence-corrected chi connectivity index (χ1v) is 15.1. The number of piperazine rings is 1. The van der Waals surface area contributed by atoms with Gasteiger partial charge in [0.2, 0.25) is 11.9 Å². The molecule has 230 valence electrons. The third-order valence-electron chi connectivity index (χ3n) is 7.99. The highest BCUT2D eigenvalue weighted by atomic mass is 16.5. The van der Waals surface area contributed by atoms with Crippen molar-refractivity contribution in [3.63, 3.8) is 0 Å². The molecule has 2 fully saturated rings. The molecule has 0 aliphatic carbocycles. The molecule has 3 aromatic rings. The monoisotopic (exact) mass is 595 g/mol. The van der Waals surface area contributed by atoms with Crippen LogP contribution in [0.1, 0.15) is 32.3 Å². The predicted octanol–water partition coefficient (Wildman–Crippen LogP) is 4.96. The van der Waals surface area contributed by atoms with Gasteiger partial charge in [-0.1, -0.05) is 18.7 Å². The number of amides is 1. The van der Waals surface area contributed by atoms with Crippen molar-refractivity contribution >= 4 is 40.4 Å². The Morgan fingerprint density at radius 3 is 2.50 bits per heavy atom. The number of nitrogens with one attached hydrogen (secondary N) is 3. The van der Waals surface area contributed by atoms with Crippen LogP contribution in [0.15, 0.2) is 61.3 Å². The SMILES string of the molecule is C=CC(=O)Nc1cc(N2CCC(N3CCN(C)CC3)CC2)ccc1Nc1ncc(C#N)c(Nc2ccccc2OC(C)C)n1. The van der Waals surface area contributed by atoms with Gasteiger partial charge in [-0.3, -0.25) is 9.69 Å². The maximum atomic E-state index is 12.4. The molecule has 1 aromatic heterocycles. The first-order chi connectivity index (χ1) is 21.3. The minimum absolute atomic E-state index is 0.0218. The van der Waals surface area contributed by atoms with Crippen molar-refractivity contribution in [2.45, 2.75) is 38.8 Å². The number of carbonyl (C=O) groups excluding carboxylic acids is 1. The Morgan fingerprint density at radius 2 is 1.80 bits per heavy atom. The number of ether oxygens (including phenoxy) is 1. The van der Waals surface area contributed by atoms with E-state index >= 15 is 0 Å². The highest BCUT2D eigenvalue weighted by Crippen LogP contribution is 2.33. The van der Waals surface area contributed by atoms with E-state index in [2.05, 4.69) is 60.3 Å². The van der Waals surface area contributed by atoms with Gasteiger partial charge in [0.15, 0.2) is 5.82 Å². The second-order valence-corrected chi connectivity index (χ2v) is 11.5. The second kappa shape index (κ2) is 14.2. The Morgan fingerprint density at radius 1 is 1.05 bits per heavy atom. The Balaban J connectivity index is 1.34. The Bertz CT molecular complexity index is 1500. The summed E-state index contributed by atoms with van der Waals surface area (Å²) in [5, 5.41) is 19.1. The van der Waals surface area contributed by atoms with Crippen LogP contribution < -0.4 is 25.6 Å². The molecule has 2 saturated heterocycles. The molecule has 0 bridgehead atoms. The first-order valence-electron chi connectivity index (χ1n) is 15.1. The van der Waals surface area contributed by atoms with E-state index in [1.54, 1.807) is 0 Å². The Kier molecular flexibility index (Phi) is 9.94. The standard InChI is InChI=1S/C33H41N9O2/c1-5-31(43)36-29-20-26(41-14-12-25(13-15-41)42-18-16-40(4)17-19-42)10-11-27(29)38-33-35-22-24(21-34)32(39-33)37-28-8-6-7-9-30(28)44-23(2)3/h5-11,20,22-23,25H,1,12-19H2,2-4H3,(H,36,43)(H2,35,37,38,39). The molecule has 2 aliphatic heterocycles. The number of nitrogens with zero attached hydrogens (tertiary/aromatic N) is 6. The molecule has 44 heavy (non-hydrogen) atoms. The van der Waals surface area contributed by atoms with Crippen LogP contribution in [0.25, 0.3) is 0 Å². The topological polar surface area (TPSA) is 122 Å². The van der Waals surface area contributed by atoms with Crippen molar-refractivity contribution in [2.24, 2.45) is 0 Å². The normalized spacial score (nSPS) is 16.3. The van der Waals surface area contributed by atoms with Crippen LogP contribution in [0.3, 0.4) is 0 Å². The average molecular weight is 596 g/mol. The van der Waals surface area contributed by atoms with Crippen molar-refractivity contribution in [1.29, 1.82) is 5.26 Å². The summed E-state index contributed by atoms with van der Waals surface area (Å²) in [5.74, 6) is 0.936. The van der Waals surface area contributed by atoms with E-state index in [9.17, 15) is 10.1 Å². The lowest BCUT2D eigenvalue weighted by Crippen LogP contribution is -2.52. The quantitative estimate of drug-likeness (QED) is 0.277. The van der Waals surface area contributed by atoms with E-state index in [1.807, 2.05) is 56.3 Å². The summed E-state index contributed by atoms with van der Waals surface area (Å²) in [7, 11) is 2.19. The molecule has 0 radical (unpaired) electrons. The highest BCUT2D eigenvalue weighted by molar-refractivity contribution is 6.02. The molecular weight excluding hydrogens is 554 g/mol. The number of para-hydroxylation sites is 2. The number of carbonyl (C=O) groups is 1. The minimum atomic E-state index is -0.316. The zero-order valence-corrected chi connectivity index (χ0v) is 25.7. The molecule has 0 unspecified atom stereocenters. The zero-order chi connectivity index (χ0) is 31.1. The van der Waals surface area contributed by atoms with Crippen LogP contribution in [0.5, 0.6) is 5.75 Å². The van der Waals surface area contributed by atoms with Crippen LogP contribution in [0.4, 0.5) is 34.5 Å². The molecule has 2 aromatic carbocycles. The number of hydrogen-bond donors (Lipinski definition) is 3. The fourth-order valence-electron chi connectivity index (χ4n) is 5.60. The Labute approximate surface area is 259 Å². The molecule has 3 heterocycles. The van der Waals surface area contributed by atoms with Crippen molar-refractivity contribution in [3.05, 3.63) is 66.9 Å². The van der Waals surface area contributed by atoms with Gasteiger partial charge in [-0.2, -0.15) is 10.2 Å². The molecule has 11 heteroatoms. The summed E-state index contributed by atoms with van der Waals surface area (Å²) in [5.41, 5.74) is 3.21. The lowest BCUT2D eigenvalue weighted by Gasteiger charge is -2.42. The van der Waals surface area contributed by atoms with Crippen molar-refractivity contribution in [3.8, 4) is 11.8 Å². The van der Waals surface area contributed by atoms with Gasteiger partial charge >= 0.3 is 0 Å². The fraction of sp³-hybridized carbons (Fsp3) is 0.394. The zero-order valence-electron chi connectivity index (χ0n) is 25.7. The van der Waals surface area contributed by atoms with E-state index in [0.29, 0.717) is 34.7 Å². The van der Waals surface area contributed by atoms with Crippen LogP contribution in [-0.2, 0) is 4.79 Å². The summed E-state index contributed by atoms with van der Waals surface area (Å²) in [4.78, 5) is 28.8. The van der Waals surface area contributed by atoms with E-state index < -0.39 is 0 Å². The van der Waals surface area contributed by atoms with Gasteiger partial charge in [-0.05, 0) is 70.1 Å². The third kappa shape index (κ3) is 7.64. The molecule has 5 rings (SSSR count). The van der Waals surface area contributed by atoms with Crippen molar-refractivity contribution < 1.29 is 9.53 Å². The number of piperidine rings is 1. The molecule has 2 aliphatic rings. The third-order valence-corrected chi connectivity index (χ3v) is 7.99. The molecular formula is C33H41N9O2. The molecule has 3 N–H and O–H groups in total. The van der Waals surface area contributed by atoms with Crippen LogP contribution in [0, 0.1) is 11.3 Å². The van der Waals surface area contributed by atoms with Crippen molar-refractivity contribution in [2.75, 3.05) is 67.2 Å². The largest absolute Gasteiger partial charge is 0.489 e. The summed E-state index contributed by atoms with van der Waals surface area (Å²) < 4.78 is 5.92. The summed E-state index contributed by atoms with van der Waals surface area (Å²) >= 11 is 0. The van der Waals surface area contributed by atoms with E-state index in [1.165, 1.54) is 12.3 Å². The predicted molar refractivity (Wildman–Crippen MR) is 175 cm³/mol. The van der Waals surface area contributed by atoms with Gasteiger partial charge < -0.3 is 30.5 Å². The van der Waals surface area contributed by atoms with Gasteiger partial charge in [0.1, 0.15) is 17.4 Å². The summed E-state index contributed by atoms with van der Waals surface area (Å²) in [6, 6.07) is 16.2. The van der Waals surface area contributed by atoms with E-state index in [0.717, 1.165) is 57.8 Å². The van der Waals surface area contributed by atoms with Gasteiger partial charge in [0.25, 0.3) is 0 Å². The van der Waals surface area contributed by atoms with Gasteiger partial charge in [-0.15, -0.1) is 0 Å². The molecule has 0 atom stereocenters. The van der Waals surface area contributed by atoms with E-state index in [4.69, 9.17) is 4.74 Å². The minimum Gasteiger partial charge on any atom is -0.489 e. The summed E-state index contributed by atoms with van der Waals surface area (Å²) in [6.45, 7) is 13.9. The number of hydrogen-bond acceptors (Lipinski definition) is 10. The fourth-order valence-corrected chi connectivity index (χ4v) is 5.60. The maximum absolute atomic E-state index is 12.4. The van der Waals surface area contributed by atoms with Gasteiger partial charge in [-0.25, -0.2) is 4.98 Å². The number of nitriles is 1. The van der Waals surface area contributed by atoms with Gasteiger partial charge in [0, 0.05) is 51.0 Å². The first kappa shape index (κ1) is 30.8. The smallest absolute Gasteiger partial charge is 0.247 e. The maximum Gasteiger partial charge on any atom is 0.247 e. The van der Waals surface area contributed by atoms with Crippen molar-refractivity contribution in [1.82, 2.24) is 19.8 Å². The number of aromatic nitrogens is 2. The Hall–Kier alpha value is -4.66. The molecule has 1 amide bonds. The lowest BCUT2D eigenvalue weighted by molar-refractivity contribution is -0.111. The second-order valence-electron chi connectivity index (χ2n) is 11.5.